The molecule has 2 aromatic heterocycles. The molecule has 0 aliphatic heterocycles. The van der Waals surface area contributed by atoms with E-state index in [0.29, 0.717) is 11.3 Å². The van der Waals surface area contributed by atoms with Crippen LogP contribution in [0.1, 0.15) is 36.3 Å². The number of carbonyl (C=O) groups is 2. The Balaban J connectivity index is 2.13. The van der Waals surface area contributed by atoms with E-state index in [0.717, 1.165) is 10.9 Å². The molecule has 4 N–H and O–H groups in total. The summed E-state index contributed by atoms with van der Waals surface area (Å²) in [6.45, 7) is 3.67. The number of aromatic nitrogens is 2. The van der Waals surface area contributed by atoms with Crippen LogP contribution in [-0.2, 0) is 9.53 Å². The summed E-state index contributed by atoms with van der Waals surface area (Å²) in [7, 11) is 1.28. The Morgan fingerprint density at radius 2 is 2.07 bits per heavy atom. The van der Waals surface area contributed by atoms with Gasteiger partial charge in [-0.2, -0.15) is 0 Å². The summed E-state index contributed by atoms with van der Waals surface area (Å²) in [4.78, 5) is 31.6. The lowest BCUT2D eigenvalue weighted by Crippen LogP contribution is -2.36. The highest BCUT2D eigenvalue weighted by atomic mass is 16.5. The number of nitrogens with two attached hydrogens (primary N) is 1. The van der Waals surface area contributed by atoms with Gasteiger partial charge in [0.2, 0.25) is 11.8 Å². The summed E-state index contributed by atoms with van der Waals surface area (Å²) in [6.07, 6.45) is 1.75. The number of H-pyrrole nitrogens is 1. The van der Waals surface area contributed by atoms with Crippen molar-refractivity contribution >= 4 is 22.8 Å². The molecule has 1 unspecified atom stereocenters. The molecule has 0 saturated heterocycles. The van der Waals surface area contributed by atoms with Gasteiger partial charge in [-0.05, 0) is 12.0 Å². The lowest BCUT2D eigenvalue weighted by molar-refractivity contribution is -0.121. The second kappa shape index (κ2) is 7.63. The van der Waals surface area contributed by atoms with Gasteiger partial charge in [-0.25, -0.2) is 9.78 Å². The summed E-state index contributed by atoms with van der Waals surface area (Å²) in [6, 6.07) is 7.12. The first-order chi connectivity index (χ1) is 13.0. The quantitative estimate of drug-likeness (QED) is 0.573. The first-order valence-corrected chi connectivity index (χ1v) is 8.61. The Hall–Kier alpha value is -3.13. The number of hydrogen-bond donors (Lipinski definition) is 3. The fourth-order valence-corrected chi connectivity index (χ4v) is 2.89. The third-order valence-corrected chi connectivity index (χ3v) is 4.29. The Morgan fingerprint density at radius 1 is 1.33 bits per heavy atom. The van der Waals surface area contributed by atoms with Crippen LogP contribution in [0.2, 0.25) is 0 Å². The van der Waals surface area contributed by atoms with Crippen LogP contribution in [0.25, 0.3) is 22.2 Å². The number of para-hydroxylation sites is 1. The number of carbonyl (C=O) groups excluding carboxylic acids is 2. The van der Waals surface area contributed by atoms with E-state index in [4.69, 9.17) is 14.9 Å². The van der Waals surface area contributed by atoms with Crippen LogP contribution in [0.4, 0.5) is 0 Å². The first-order valence-electron chi connectivity index (χ1n) is 8.61. The molecule has 8 nitrogen and oxygen atoms in total. The first kappa shape index (κ1) is 18.7. The second-order valence-corrected chi connectivity index (χ2v) is 6.46. The Kier molecular flexibility index (Phi) is 5.27. The number of nitrogens with one attached hydrogen (secondary N) is 2. The minimum Gasteiger partial charge on any atom is -0.464 e. The van der Waals surface area contributed by atoms with E-state index < -0.39 is 12.0 Å². The van der Waals surface area contributed by atoms with Gasteiger partial charge in [0.25, 0.3) is 0 Å². The average Bonchev–Trinajstić information content (AvgIpc) is 3.28. The summed E-state index contributed by atoms with van der Waals surface area (Å²) in [5.74, 6) is -0.451. The number of nitrogens with zero attached hydrogens (tertiary/aromatic N) is 1. The lowest BCUT2D eigenvalue weighted by atomic mass is 10.0. The largest absolute Gasteiger partial charge is 0.464 e. The highest BCUT2D eigenvalue weighted by Crippen LogP contribution is 2.34. The number of esters is 1. The van der Waals surface area contributed by atoms with Gasteiger partial charge in [-0.1, -0.05) is 32.0 Å². The number of ether oxygens (including phenoxy) is 1. The molecule has 1 aromatic carbocycles. The van der Waals surface area contributed by atoms with Crippen molar-refractivity contribution in [2.75, 3.05) is 13.7 Å². The van der Waals surface area contributed by atoms with E-state index in [1.807, 2.05) is 38.1 Å². The van der Waals surface area contributed by atoms with Gasteiger partial charge in [-0.15, -0.1) is 0 Å². The Morgan fingerprint density at radius 3 is 2.74 bits per heavy atom. The molecule has 3 aromatic rings. The Bertz CT molecular complexity index is 973. The molecule has 0 radical (unpaired) electrons. The van der Waals surface area contributed by atoms with Crippen LogP contribution in [0.15, 0.2) is 34.9 Å². The number of amides is 1. The van der Waals surface area contributed by atoms with Crippen molar-refractivity contribution in [2.45, 2.75) is 19.9 Å². The van der Waals surface area contributed by atoms with Crippen LogP contribution in [0.3, 0.4) is 0 Å². The molecule has 0 fully saturated rings. The van der Waals surface area contributed by atoms with Gasteiger partial charge >= 0.3 is 5.97 Å². The molecule has 1 amide bonds. The fraction of sp³-hybridized carbons (Fsp3) is 0.316. The monoisotopic (exact) mass is 370 g/mol. The SMILES string of the molecule is COC(=O)c1nc(C(NC(=O)CN)C(C)C)oc1-c1c[nH]c2ccccc12. The molecule has 0 aliphatic carbocycles. The molecule has 0 spiro atoms. The minimum absolute atomic E-state index is 0.0273. The molecular formula is C19H22N4O4. The van der Waals surface area contributed by atoms with Crippen molar-refractivity contribution in [2.24, 2.45) is 11.7 Å². The number of fused-ring (bicyclic) bond motifs is 1. The normalized spacial score (nSPS) is 12.3. The van der Waals surface area contributed by atoms with Crippen LogP contribution in [-0.4, -0.2) is 35.5 Å². The predicted molar refractivity (Wildman–Crippen MR) is 99.9 cm³/mol. The van der Waals surface area contributed by atoms with Gasteiger partial charge < -0.3 is 25.2 Å². The molecule has 1 atom stereocenters. The molecule has 0 aliphatic rings. The maximum Gasteiger partial charge on any atom is 0.360 e. The van der Waals surface area contributed by atoms with Crippen molar-refractivity contribution in [3.63, 3.8) is 0 Å². The zero-order valence-corrected chi connectivity index (χ0v) is 15.4. The van der Waals surface area contributed by atoms with Crippen LogP contribution in [0.5, 0.6) is 0 Å². The van der Waals surface area contributed by atoms with Crippen LogP contribution in [0, 0.1) is 5.92 Å². The predicted octanol–water partition coefficient (Wildman–Crippen LogP) is 2.38. The van der Waals surface area contributed by atoms with Gasteiger partial charge in [0.15, 0.2) is 11.5 Å². The van der Waals surface area contributed by atoms with Gasteiger partial charge in [0.05, 0.1) is 13.7 Å². The average molecular weight is 370 g/mol. The molecule has 2 heterocycles. The number of hydrogen-bond acceptors (Lipinski definition) is 6. The van der Waals surface area contributed by atoms with Crippen molar-refractivity contribution in [3.05, 3.63) is 42.0 Å². The molecule has 8 heteroatoms. The van der Waals surface area contributed by atoms with E-state index in [9.17, 15) is 9.59 Å². The number of oxazole rings is 1. The Labute approximate surface area is 156 Å². The molecule has 0 saturated carbocycles. The standard InChI is InChI=1S/C19H22N4O4/c1-10(2)15(22-14(24)8-20)18-23-16(19(25)26-3)17(27-18)12-9-21-13-7-5-4-6-11(12)13/h4-7,9-10,15,21H,8,20H2,1-3H3,(H,22,24). The third kappa shape index (κ3) is 3.56. The molecular weight excluding hydrogens is 348 g/mol. The number of methoxy groups -OCH3 is 1. The van der Waals surface area contributed by atoms with Crippen LogP contribution >= 0.6 is 0 Å². The number of benzene rings is 1. The smallest absolute Gasteiger partial charge is 0.360 e. The summed E-state index contributed by atoms with van der Waals surface area (Å²) in [5, 5.41) is 3.67. The second-order valence-electron chi connectivity index (χ2n) is 6.46. The maximum atomic E-state index is 12.3. The van der Waals surface area contributed by atoms with Crippen molar-refractivity contribution < 1.29 is 18.7 Å². The van der Waals surface area contributed by atoms with Gasteiger partial charge in [-0.3, -0.25) is 4.79 Å². The van der Waals surface area contributed by atoms with Gasteiger partial charge in [0.1, 0.15) is 6.04 Å². The van der Waals surface area contributed by atoms with Gasteiger partial charge in [0, 0.05) is 22.7 Å². The summed E-state index contributed by atoms with van der Waals surface area (Å²) < 4.78 is 10.8. The maximum absolute atomic E-state index is 12.3. The number of aromatic amines is 1. The van der Waals surface area contributed by atoms with E-state index in [-0.39, 0.29) is 30.0 Å². The topological polar surface area (TPSA) is 123 Å². The third-order valence-electron chi connectivity index (χ3n) is 4.29. The minimum atomic E-state index is -0.613. The van der Waals surface area contributed by atoms with E-state index >= 15 is 0 Å². The van der Waals surface area contributed by atoms with E-state index in [2.05, 4.69) is 15.3 Å². The van der Waals surface area contributed by atoms with Crippen molar-refractivity contribution in [1.29, 1.82) is 0 Å². The molecule has 142 valence electrons. The van der Waals surface area contributed by atoms with Crippen molar-refractivity contribution in [3.8, 4) is 11.3 Å². The fourth-order valence-electron chi connectivity index (χ4n) is 2.89. The lowest BCUT2D eigenvalue weighted by Gasteiger charge is -2.18. The molecule has 3 rings (SSSR count). The summed E-state index contributed by atoms with van der Waals surface area (Å²) in [5.41, 5.74) is 7.05. The highest BCUT2D eigenvalue weighted by Gasteiger charge is 2.29. The van der Waals surface area contributed by atoms with E-state index in [1.165, 1.54) is 7.11 Å². The molecule has 27 heavy (non-hydrogen) atoms. The zero-order valence-electron chi connectivity index (χ0n) is 15.4. The number of rotatable bonds is 6. The summed E-state index contributed by atoms with van der Waals surface area (Å²) >= 11 is 0. The zero-order chi connectivity index (χ0) is 19.6. The molecule has 0 bridgehead atoms. The van der Waals surface area contributed by atoms with Crippen LogP contribution < -0.4 is 11.1 Å². The van der Waals surface area contributed by atoms with E-state index in [1.54, 1.807) is 6.20 Å². The van der Waals surface area contributed by atoms with Crippen molar-refractivity contribution in [1.82, 2.24) is 15.3 Å². The highest BCUT2D eigenvalue weighted by molar-refractivity contribution is 6.01.